The molecule has 1 aliphatic carbocycles. The number of hydrogen-bond donors (Lipinski definition) is 1. The first kappa shape index (κ1) is 25.6. The third-order valence-corrected chi connectivity index (χ3v) is 8.13. The van der Waals surface area contributed by atoms with E-state index in [2.05, 4.69) is 5.32 Å². The number of benzene rings is 1. The number of thioether (sulfide) groups is 1. The van der Waals surface area contributed by atoms with Gasteiger partial charge in [0.15, 0.2) is 5.78 Å². The van der Waals surface area contributed by atoms with Crippen LogP contribution in [0.25, 0.3) is 0 Å². The van der Waals surface area contributed by atoms with Crippen molar-refractivity contribution in [1.29, 1.82) is 0 Å². The molecular formula is C26H26F3NO3S2. The molecule has 0 fully saturated rings. The topological polar surface area (TPSA) is 55.4 Å². The number of alkyl halides is 3. The van der Waals surface area contributed by atoms with Crippen LogP contribution in [0.2, 0.25) is 0 Å². The molecule has 0 amide bonds. The van der Waals surface area contributed by atoms with Gasteiger partial charge in [-0.15, -0.1) is 11.3 Å². The van der Waals surface area contributed by atoms with Gasteiger partial charge >= 0.3 is 12.1 Å². The number of halogens is 3. The Hall–Kier alpha value is -2.52. The highest BCUT2D eigenvalue weighted by molar-refractivity contribution is 7.99. The summed E-state index contributed by atoms with van der Waals surface area (Å²) in [6.45, 7) is 3.97. The van der Waals surface area contributed by atoms with Gasteiger partial charge < -0.3 is 10.1 Å². The molecule has 4 nitrogen and oxygen atoms in total. The SMILES string of the molecule is CCSCCOC(=O)C1=C(C)NC2=C(C(=O)C[C@H](c3cccs3)C2)[C@@H]1c1ccc(C(F)(F)F)cc1. The molecule has 0 unspecified atom stereocenters. The van der Waals surface area contributed by atoms with Gasteiger partial charge in [0.1, 0.15) is 6.61 Å². The normalized spacial score (nSPS) is 20.5. The van der Waals surface area contributed by atoms with E-state index in [1.165, 1.54) is 12.1 Å². The number of carbonyl (C=O) groups is 2. The van der Waals surface area contributed by atoms with Crippen molar-refractivity contribution in [3.8, 4) is 0 Å². The first-order valence-electron chi connectivity index (χ1n) is 11.4. The summed E-state index contributed by atoms with van der Waals surface area (Å²) in [4.78, 5) is 27.7. The number of ether oxygens (including phenoxy) is 1. The van der Waals surface area contributed by atoms with Crippen molar-refractivity contribution in [1.82, 2.24) is 5.32 Å². The quantitative estimate of drug-likeness (QED) is 0.336. The van der Waals surface area contributed by atoms with Crippen LogP contribution in [0.15, 0.2) is 64.3 Å². The summed E-state index contributed by atoms with van der Waals surface area (Å²) in [7, 11) is 0. The van der Waals surface area contributed by atoms with Crippen LogP contribution >= 0.6 is 23.1 Å². The molecule has 186 valence electrons. The average molecular weight is 522 g/mol. The van der Waals surface area contributed by atoms with Gasteiger partial charge in [0.25, 0.3) is 0 Å². The molecule has 0 saturated heterocycles. The maximum absolute atomic E-state index is 13.5. The molecule has 4 rings (SSSR count). The van der Waals surface area contributed by atoms with E-state index in [1.54, 1.807) is 30.0 Å². The predicted octanol–water partition coefficient (Wildman–Crippen LogP) is 6.42. The molecule has 1 aliphatic heterocycles. The number of thiophene rings is 1. The van der Waals surface area contributed by atoms with Crippen LogP contribution in [0.1, 0.15) is 54.5 Å². The summed E-state index contributed by atoms with van der Waals surface area (Å²) in [6, 6.07) is 8.66. The molecule has 1 aromatic heterocycles. The Morgan fingerprint density at radius 1 is 1.20 bits per heavy atom. The second-order valence-electron chi connectivity index (χ2n) is 8.49. The molecule has 35 heavy (non-hydrogen) atoms. The van der Waals surface area contributed by atoms with Gasteiger partial charge in [-0.25, -0.2) is 4.79 Å². The van der Waals surface area contributed by atoms with Crippen molar-refractivity contribution in [3.05, 3.63) is 80.3 Å². The van der Waals surface area contributed by atoms with Crippen LogP contribution < -0.4 is 5.32 Å². The van der Waals surface area contributed by atoms with Crippen molar-refractivity contribution in [2.45, 2.75) is 44.7 Å². The van der Waals surface area contributed by atoms with E-state index < -0.39 is 23.6 Å². The number of ketones is 1. The highest BCUT2D eigenvalue weighted by Gasteiger charge is 2.42. The Labute approximate surface area is 210 Å². The molecule has 1 N–H and O–H groups in total. The highest BCUT2D eigenvalue weighted by Crippen LogP contribution is 2.46. The molecule has 2 atom stereocenters. The largest absolute Gasteiger partial charge is 0.461 e. The van der Waals surface area contributed by atoms with Crippen LogP contribution in [-0.2, 0) is 20.5 Å². The summed E-state index contributed by atoms with van der Waals surface area (Å²) in [6.07, 6.45) is -3.60. The lowest BCUT2D eigenvalue weighted by Gasteiger charge is -2.36. The Balaban J connectivity index is 1.73. The van der Waals surface area contributed by atoms with Crippen LogP contribution in [0.5, 0.6) is 0 Å². The van der Waals surface area contributed by atoms with E-state index in [0.29, 0.717) is 29.0 Å². The molecule has 2 aliphatic rings. The first-order valence-corrected chi connectivity index (χ1v) is 13.4. The van der Waals surface area contributed by atoms with Gasteiger partial charge in [-0.2, -0.15) is 24.9 Å². The number of nitrogens with one attached hydrogen (secondary N) is 1. The smallest absolute Gasteiger partial charge is 0.416 e. The third-order valence-electron chi connectivity index (χ3n) is 6.23. The summed E-state index contributed by atoms with van der Waals surface area (Å²) in [5, 5.41) is 5.24. The lowest BCUT2D eigenvalue weighted by atomic mass is 9.72. The summed E-state index contributed by atoms with van der Waals surface area (Å²) in [5.74, 6) is 0.108. The fourth-order valence-electron chi connectivity index (χ4n) is 4.65. The Bertz CT molecular complexity index is 1150. The van der Waals surface area contributed by atoms with Gasteiger partial charge in [-0.3, -0.25) is 4.79 Å². The molecule has 0 bridgehead atoms. The zero-order chi connectivity index (χ0) is 25.2. The van der Waals surface area contributed by atoms with Crippen LogP contribution in [0.4, 0.5) is 13.2 Å². The standard InChI is InChI=1S/C26H26F3NO3S2/c1-3-34-12-10-33-25(32)22-15(2)30-19-13-17(21-5-4-11-35-21)14-20(31)24(19)23(22)16-6-8-18(9-7-16)26(27,28)29/h4-9,11,17,23,30H,3,10,12-14H2,1-2H3/t17-,23-/m1/s1. The van der Waals surface area contributed by atoms with Crippen molar-refractivity contribution in [3.63, 3.8) is 0 Å². The zero-order valence-electron chi connectivity index (χ0n) is 19.4. The van der Waals surface area contributed by atoms with Gasteiger partial charge in [0, 0.05) is 45.9 Å². The summed E-state index contributed by atoms with van der Waals surface area (Å²) in [5.41, 5.74) is 1.68. The fourth-order valence-corrected chi connectivity index (χ4v) is 5.97. The molecule has 2 heterocycles. The molecule has 9 heteroatoms. The molecule has 2 aromatic rings. The van der Waals surface area contributed by atoms with Gasteiger partial charge in [0.05, 0.1) is 11.1 Å². The van der Waals surface area contributed by atoms with Crippen molar-refractivity contribution < 1.29 is 27.5 Å². The minimum atomic E-state index is -4.48. The number of hydrogen-bond acceptors (Lipinski definition) is 6. The Morgan fingerprint density at radius 2 is 1.94 bits per heavy atom. The number of Topliss-reactive ketones (excluding diaryl/α,β-unsaturated/α-hetero) is 1. The van der Waals surface area contributed by atoms with E-state index >= 15 is 0 Å². The van der Waals surface area contributed by atoms with E-state index in [9.17, 15) is 22.8 Å². The molecular weight excluding hydrogens is 495 g/mol. The molecule has 0 spiro atoms. The summed E-state index contributed by atoms with van der Waals surface area (Å²) >= 11 is 3.23. The second-order valence-corrected chi connectivity index (χ2v) is 10.9. The number of allylic oxidation sites excluding steroid dienone is 3. The van der Waals surface area contributed by atoms with Crippen molar-refractivity contribution in [2.75, 3.05) is 18.1 Å². The van der Waals surface area contributed by atoms with Gasteiger partial charge in [0.2, 0.25) is 0 Å². The van der Waals surface area contributed by atoms with Crippen LogP contribution in [0, 0.1) is 0 Å². The van der Waals surface area contributed by atoms with Crippen molar-refractivity contribution in [2.24, 2.45) is 0 Å². The number of rotatable bonds is 7. The summed E-state index contributed by atoms with van der Waals surface area (Å²) < 4.78 is 45.1. The highest BCUT2D eigenvalue weighted by atomic mass is 32.2. The third kappa shape index (κ3) is 5.51. The van der Waals surface area contributed by atoms with Gasteiger partial charge in [-0.1, -0.05) is 25.1 Å². The lowest BCUT2D eigenvalue weighted by molar-refractivity contribution is -0.139. The van der Waals surface area contributed by atoms with E-state index in [-0.39, 0.29) is 30.3 Å². The minimum Gasteiger partial charge on any atom is -0.461 e. The number of esters is 1. The minimum absolute atomic E-state index is 0.0226. The monoisotopic (exact) mass is 521 g/mol. The molecule has 1 aromatic carbocycles. The van der Waals surface area contributed by atoms with Crippen LogP contribution in [0.3, 0.4) is 0 Å². The maximum atomic E-state index is 13.5. The fraction of sp³-hybridized carbons (Fsp3) is 0.385. The van der Waals surface area contributed by atoms with E-state index in [1.807, 2.05) is 24.4 Å². The lowest BCUT2D eigenvalue weighted by Crippen LogP contribution is -2.36. The first-order chi connectivity index (χ1) is 16.7. The number of dihydropyridines is 1. The Kier molecular flexibility index (Phi) is 7.76. The Morgan fingerprint density at radius 3 is 2.57 bits per heavy atom. The molecule has 0 radical (unpaired) electrons. The molecule has 0 saturated carbocycles. The van der Waals surface area contributed by atoms with Gasteiger partial charge in [-0.05, 0) is 48.2 Å². The maximum Gasteiger partial charge on any atom is 0.416 e. The zero-order valence-corrected chi connectivity index (χ0v) is 21.0. The van der Waals surface area contributed by atoms with Crippen LogP contribution in [-0.4, -0.2) is 29.9 Å². The van der Waals surface area contributed by atoms with E-state index in [4.69, 9.17) is 4.74 Å². The van der Waals surface area contributed by atoms with E-state index in [0.717, 1.165) is 28.5 Å². The average Bonchev–Trinajstić information content (AvgIpc) is 3.35. The second kappa shape index (κ2) is 10.6. The number of carbonyl (C=O) groups excluding carboxylic acids is 2. The van der Waals surface area contributed by atoms with Crippen molar-refractivity contribution >= 4 is 34.9 Å². The predicted molar refractivity (Wildman–Crippen MR) is 132 cm³/mol.